The first-order valence-electron chi connectivity index (χ1n) is 25.1. The molecule has 1 aliphatic rings. The van der Waals surface area contributed by atoms with Crippen LogP contribution in [0.2, 0.25) is 0 Å². The number of rotatable bonds is 26. The number of hydrogen-bond acceptors (Lipinski definition) is 19. The Labute approximate surface area is 488 Å². The number of Topliss-reactive ketones (excluding diaryl/α,β-unsaturated/α-hetero) is 1. The van der Waals surface area contributed by atoms with E-state index in [2.05, 4.69) is 36.0 Å². The minimum atomic E-state index is -4.39. The van der Waals surface area contributed by atoms with Gasteiger partial charge < -0.3 is 59.8 Å². The summed E-state index contributed by atoms with van der Waals surface area (Å²) in [5.74, 6) is -7.23. The van der Waals surface area contributed by atoms with Crippen LogP contribution in [0.15, 0.2) is 58.6 Å². The molecule has 5 rings (SSSR count). The van der Waals surface area contributed by atoms with Gasteiger partial charge in [-0.15, -0.1) is 0 Å². The van der Waals surface area contributed by atoms with Crippen LogP contribution in [0.3, 0.4) is 0 Å². The molecule has 3 amide bonds. The number of imidazole rings is 1. The summed E-state index contributed by atoms with van der Waals surface area (Å²) in [4.78, 5) is 116. The van der Waals surface area contributed by atoms with E-state index in [0.717, 1.165) is 12.5 Å². The Kier molecular flexibility index (Phi) is 25.8. The van der Waals surface area contributed by atoms with Crippen molar-refractivity contribution >= 4 is 79.2 Å². The number of aliphatic carboxylic acids is 3. The standard InChI is InChI=1S/C49H70N12O16S2.Y/c1-31-20-32(2)46(33(3)21-31)79(76,77)56-38(34(4)62)24-53-47(71)37-25-61(40-22-35(6-7-36(40)45(37)70)23-54-49-51-9-10-52-49)11-5-8-50-48(72)39(30-78(73,74)75)55-41(63)26-57-12-14-58(27-42(64)65)16-18-60(29-44(68)69)19-17-59(15-13-57)28-43(66)67;/h6-7,9-10,20-22,25,38-39,56,73-75H,5,8,11-19,23-24,26-30H2,1-4H3,(H,50,72)(H,53,71)(H,55,63)(H,64,65)(H,66,67)(H,68,69)(H2,51,52,54);/t38-,39-;/m0./s1. The van der Waals surface area contributed by atoms with Crippen molar-refractivity contribution in [2.24, 2.45) is 0 Å². The Morgan fingerprint density at radius 3 is 1.77 bits per heavy atom. The minimum absolute atomic E-state index is 0. The van der Waals surface area contributed by atoms with Gasteiger partial charge in [0.05, 0.1) is 59.3 Å². The SMILES string of the molecule is CC(=O)[C@H](CNC(=O)c1cn(CCCNC(=O)[C@H](CS(O)(O)O)NC(=O)CN2CCN(CC(=O)O)CCN(CC(=O)O)CCN(CC(=O)O)CC2)c2cc(CNc3ncc[nH]3)ccc2c1=O)NS(=O)(=O)c1c(C)cc(C)cc1C.[Y]. The molecule has 0 bridgehead atoms. The van der Waals surface area contributed by atoms with E-state index in [1.807, 2.05) is 6.92 Å². The number of carboxylic acid groups (broad SMARTS) is 3. The van der Waals surface area contributed by atoms with Gasteiger partial charge in [0.1, 0.15) is 17.4 Å². The zero-order valence-corrected chi connectivity index (χ0v) is 49.3. The number of H-pyrrole nitrogens is 1. The van der Waals surface area contributed by atoms with Gasteiger partial charge in [-0.05, 0) is 62.9 Å². The quantitative estimate of drug-likeness (QED) is 0.0356. The molecule has 2 aromatic carbocycles. The van der Waals surface area contributed by atoms with E-state index in [1.54, 1.807) is 74.7 Å². The summed E-state index contributed by atoms with van der Waals surface area (Å²) >= 11 is 0. The number of ketones is 1. The molecule has 1 saturated heterocycles. The van der Waals surface area contributed by atoms with Gasteiger partial charge in [0.25, 0.3) is 5.91 Å². The van der Waals surface area contributed by atoms with Crippen molar-refractivity contribution in [3.8, 4) is 0 Å². The van der Waals surface area contributed by atoms with Crippen LogP contribution in [0, 0.1) is 20.8 Å². The molecule has 0 aliphatic carbocycles. The second-order valence-electron chi connectivity index (χ2n) is 19.3. The molecule has 2 atom stereocenters. The number of nitrogens with one attached hydrogen (secondary N) is 6. The van der Waals surface area contributed by atoms with E-state index >= 15 is 0 Å². The monoisotopic (exact) mass is 1240 g/mol. The minimum Gasteiger partial charge on any atom is -0.480 e. The van der Waals surface area contributed by atoms with Crippen LogP contribution in [0.5, 0.6) is 0 Å². The van der Waals surface area contributed by atoms with E-state index in [0.29, 0.717) is 28.2 Å². The summed E-state index contributed by atoms with van der Waals surface area (Å²) in [5, 5.41) is 39.4. The van der Waals surface area contributed by atoms with Crippen LogP contribution in [0.4, 0.5) is 5.95 Å². The number of nitrogens with zero attached hydrogens (tertiary/aromatic N) is 6. The Balaban J connectivity index is 0.0000138. The second-order valence-corrected chi connectivity index (χ2v) is 22.5. The number of aryl methyl sites for hydroxylation is 4. The van der Waals surface area contributed by atoms with Gasteiger partial charge in [-0.25, -0.2) is 13.4 Å². The molecule has 12 N–H and O–H groups in total. The Bertz CT molecular complexity index is 2960. The first kappa shape index (κ1) is 66.7. The van der Waals surface area contributed by atoms with Gasteiger partial charge in [-0.3, -0.25) is 58.0 Å². The molecule has 437 valence electrons. The van der Waals surface area contributed by atoms with E-state index in [4.69, 9.17) is 0 Å². The number of anilines is 1. The van der Waals surface area contributed by atoms with Crippen LogP contribution in [-0.4, -0.2) is 222 Å². The molecule has 31 heteroatoms. The molecule has 1 aliphatic heterocycles. The number of fused-ring (bicyclic) bond motifs is 1. The third-order valence-corrected chi connectivity index (χ3v) is 15.3. The number of carboxylic acids is 3. The van der Waals surface area contributed by atoms with Crippen molar-refractivity contribution in [3.63, 3.8) is 0 Å². The Morgan fingerprint density at radius 2 is 1.29 bits per heavy atom. The number of hydrogen-bond donors (Lipinski definition) is 12. The smallest absolute Gasteiger partial charge is 0.317 e. The first-order chi connectivity index (χ1) is 37.2. The molecule has 0 saturated carbocycles. The summed E-state index contributed by atoms with van der Waals surface area (Å²) in [7, 11) is -8.66. The van der Waals surface area contributed by atoms with Crippen molar-refractivity contribution in [3.05, 3.63) is 87.0 Å². The fraction of sp³-hybridized carbons (Fsp3) is 0.490. The fourth-order valence-corrected chi connectivity index (χ4v) is 11.4. The number of benzene rings is 2. The maximum atomic E-state index is 14.0. The molecule has 1 fully saturated rings. The topological polar surface area (TPSA) is 399 Å². The van der Waals surface area contributed by atoms with Crippen molar-refractivity contribution in [1.82, 2.24) is 54.8 Å². The number of pyridine rings is 1. The number of sulfonamides is 1. The molecule has 28 nitrogen and oxygen atoms in total. The van der Waals surface area contributed by atoms with E-state index in [9.17, 15) is 75.8 Å². The number of aromatic amines is 1. The predicted molar refractivity (Wildman–Crippen MR) is 290 cm³/mol. The molecular weight excluding hydrogens is 1170 g/mol. The molecule has 0 unspecified atom stereocenters. The maximum Gasteiger partial charge on any atom is 0.317 e. The summed E-state index contributed by atoms with van der Waals surface area (Å²) in [6.07, 6.45) is 4.57. The van der Waals surface area contributed by atoms with Gasteiger partial charge >= 0.3 is 17.9 Å². The van der Waals surface area contributed by atoms with Gasteiger partial charge in [0.15, 0.2) is 5.95 Å². The van der Waals surface area contributed by atoms with E-state index < -0.39 is 112 Å². The summed E-state index contributed by atoms with van der Waals surface area (Å²) in [6, 6.07) is 5.16. The van der Waals surface area contributed by atoms with Crippen molar-refractivity contribution in [2.75, 3.05) is 103 Å². The largest absolute Gasteiger partial charge is 0.480 e. The molecule has 3 heterocycles. The van der Waals surface area contributed by atoms with Crippen LogP contribution >= 0.6 is 10.9 Å². The summed E-state index contributed by atoms with van der Waals surface area (Å²) in [5.41, 5.74) is 1.79. The van der Waals surface area contributed by atoms with Crippen molar-refractivity contribution in [1.29, 1.82) is 0 Å². The van der Waals surface area contributed by atoms with Crippen LogP contribution in [-0.2, 0) is 84.6 Å². The van der Waals surface area contributed by atoms with Crippen LogP contribution in [0.25, 0.3) is 10.9 Å². The molecule has 2 aromatic heterocycles. The van der Waals surface area contributed by atoms with Crippen LogP contribution in [0.1, 0.15) is 46.0 Å². The van der Waals surface area contributed by atoms with Gasteiger partial charge in [0.2, 0.25) is 27.3 Å². The van der Waals surface area contributed by atoms with Crippen molar-refractivity contribution in [2.45, 2.75) is 64.2 Å². The molecule has 4 aromatic rings. The van der Waals surface area contributed by atoms with Crippen LogP contribution < -0.4 is 31.4 Å². The van der Waals surface area contributed by atoms with E-state index in [1.165, 1.54) is 12.3 Å². The predicted octanol–water partition coefficient (Wildman–Crippen LogP) is -0.385. The molecular formula is C49H70N12O16S2Y. The third-order valence-electron chi connectivity index (χ3n) is 12.8. The molecule has 80 heavy (non-hydrogen) atoms. The Morgan fingerprint density at radius 1 is 0.750 bits per heavy atom. The molecule has 1 radical (unpaired) electrons. The molecule has 0 spiro atoms. The van der Waals surface area contributed by atoms with E-state index in [-0.39, 0.29) is 134 Å². The Hall–Kier alpha value is -5.77. The third kappa shape index (κ3) is 21.3. The van der Waals surface area contributed by atoms with Crippen molar-refractivity contribution < 1.29 is 104 Å². The van der Waals surface area contributed by atoms with Gasteiger partial charge in [-0.2, -0.15) is 4.72 Å². The first-order valence-corrected chi connectivity index (χ1v) is 28.2. The van der Waals surface area contributed by atoms with Gasteiger partial charge in [-0.1, -0.05) is 23.8 Å². The zero-order valence-electron chi connectivity index (χ0n) is 44.8. The number of aromatic nitrogens is 3. The average Bonchev–Trinajstić information content (AvgIpc) is 3.87. The average molecular weight is 1240 g/mol. The fourth-order valence-electron chi connectivity index (χ4n) is 9.05. The summed E-state index contributed by atoms with van der Waals surface area (Å²) < 4.78 is 61.3. The number of carbonyl (C=O) groups excluding carboxylic acids is 4. The second kappa shape index (κ2) is 30.9. The number of carbonyl (C=O) groups is 7. The van der Waals surface area contributed by atoms with Gasteiger partial charge in [0, 0.05) is 135 Å². The summed E-state index contributed by atoms with van der Waals surface area (Å²) in [6.45, 7) is 5.08. The maximum absolute atomic E-state index is 14.0. The normalized spacial score (nSPS) is 15.5. The number of amides is 3. The zero-order chi connectivity index (χ0) is 58.2.